The van der Waals surface area contributed by atoms with E-state index in [4.69, 9.17) is 16.0 Å². The fraction of sp³-hybridized carbons (Fsp3) is 0.250. The van der Waals surface area contributed by atoms with Crippen LogP contribution in [0.4, 0.5) is 0 Å². The van der Waals surface area contributed by atoms with Gasteiger partial charge in [-0.2, -0.15) is 5.10 Å². The Morgan fingerprint density at radius 1 is 1.21 bits per heavy atom. The van der Waals surface area contributed by atoms with Crippen LogP contribution in [0.1, 0.15) is 32.1 Å². The molecule has 4 heterocycles. The Morgan fingerprint density at radius 2 is 2.00 bits per heavy atom. The van der Waals surface area contributed by atoms with Crippen LogP contribution in [-0.2, 0) is 12.2 Å². The van der Waals surface area contributed by atoms with Gasteiger partial charge in [-0.15, -0.1) is 0 Å². The van der Waals surface area contributed by atoms with Crippen LogP contribution < -0.4 is 0 Å². The molecule has 1 saturated heterocycles. The number of nitrogens with zero attached hydrogens (tertiary/aromatic N) is 4. The van der Waals surface area contributed by atoms with Crippen LogP contribution in [0.25, 0.3) is 0 Å². The predicted molar refractivity (Wildman–Crippen MR) is 101 cm³/mol. The van der Waals surface area contributed by atoms with Crippen molar-refractivity contribution in [2.75, 3.05) is 13.1 Å². The molecule has 142 valence electrons. The summed E-state index contributed by atoms with van der Waals surface area (Å²) in [5, 5.41) is 5.09. The molecule has 8 heteroatoms. The molecule has 1 unspecified atom stereocenters. The first kappa shape index (κ1) is 17.1. The summed E-state index contributed by atoms with van der Waals surface area (Å²) < 4.78 is 6.80. The van der Waals surface area contributed by atoms with E-state index in [2.05, 4.69) is 5.10 Å². The van der Waals surface area contributed by atoms with E-state index in [1.165, 1.54) is 12.5 Å². The van der Waals surface area contributed by atoms with E-state index < -0.39 is 5.66 Å². The highest BCUT2D eigenvalue weighted by Gasteiger charge is 2.56. The van der Waals surface area contributed by atoms with Gasteiger partial charge in [0.25, 0.3) is 11.8 Å². The van der Waals surface area contributed by atoms with Crippen LogP contribution in [0.15, 0.2) is 53.3 Å². The number of carbonyl (C=O) groups is 2. The number of benzene rings is 1. The molecule has 5 rings (SSSR count). The van der Waals surface area contributed by atoms with Crippen LogP contribution in [0.2, 0.25) is 5.02 Å². The van der Waals surface area contributed by atoms with Crippen molar-refractivity contribution >= 4 is 23.4 Å². The first-order chi connectivity index (χ1) is 13.5. The molecule has 7 nitrogen and oxygen atoms in total. The number of hydrogen-bond acceptors (Lipinski definition) is 4. The summed E-state index contributed by atoms with van der Waals surface area (Å²) in [4.78, 5) is 30.1. The summed E-state index contributed by atoms with van der Waals surface area (Å²) >= 11 is 6.09. The number of furan rings is 1. The summed E-state index contributed by atoms with van der Waals surface area (Å²) in [7, 11) is 0. The molecule has 28 heavy (non-hydrogen) atoms. The number of aryl methyl sites for hydroxylation is 1. The number of hydrogen-bond donors (Lipinski definition) is 0. The van der Waals surface area contributed by atoms with Gasteiger partial charge in [-0.05, 0) is 31.2 Å². The smallest absolute Gasteiger partial charge is 0.274 e. The van der Waals surface area contributed by atoms with Gasteiger partial charge in [0.15, 0.2) is 5.66 Å². The molecule has 3 aromatic rings. The zero-order valence-corrected chi connectivity index (χ0v) is 15.9. The van der Waals surface area contributed by atoms with Crippen molar-refractivity contribution in [2.45, 2.75) is 19.1 Å². The van der Waals surface area contributed by atoms with Crippen molar-refractivity contribution in [3.63, 3.8) is 0 Å². The average Bonchev–Trinajstić information content (AvgIpc) is 3.40. The number of aromatic nitrogens is 2. The molecule has 0 saturated carbocycles. The second-order valence-electron chi connectivity index (χ2n) is 7.08. The molecule has 2 aliphatic rings. The van der Waals surface area contributed by atoms with E-state index in [1.54, 1.807) is 38.7 Å². The van der Waals surface area contributed by atoms with Crippen molar-refractivity contribution in [2.24, 2.45) is 0 Å². The lowest BCUT2D eigenvalue weighted by molar-refractivity contribution is -0.00853. The molecule has 2 aliphatic heterocycles. The largest absolute Gasteiger partial charge is 0.472 e. The predicted octanol–water partition coefficient (Wildman–Crippen LogP) is 2.90. The van der Waals surface area contributed by atoms with Gasteiger partial charge in [0.1, 0.15) is 12.0 Å². The van der Waals surface area contributed by atoms with E-state index in [0.29, 0.717) is 35.9 Å². The number of fused-ring (bicyclic) bond motifs is 2. The van der Waals surface area contributed by atoms with E-state index >= 15 is 0 Å². The number of carbonyl (C=O) groups excluding carboxylic acids is 2. The maximum Gasteiger partial charge on any atom is 0.274 e. The third-order valence-corrected chi connectivity index (χ3v) is 5.75. The highest BCUT2D eigenvalue weighted by atomic mass is 35.5. The summed E-state index contributed by atoms with van der Waals surface area (Å²) in [6, 6.07) is 10.7. The monoisotopic (exact) mass is 396 g/mol. The van der Waals surface area contributed by atoms with Gasteiger partial charge in [-0.3, -0.25) is 14.3 Å². The first-order valence-electron chi connectivity index (χ1n) is 8.97. The summed E-state index contributed by atoms with van der Waals surface area (Å²) in [6.45, 7) is 3.07. The van der Waals surface area contributed by atoms with Crippen LogP contribution in [0.5, 0.6) is 0 Å². The third-order valence-electron chi connectivity index (χ3n) is 5.50. The second kappa shape index (κ2) is 5.97. The molecule has 0 spiro atoms. The highest BCUT2D eigenvalue weighted by Crippen LogP contribution is 2.43. The molecule has 0 bridgehead atoms. The average molecular weight is 397 g/mol. The maximum absolute atomic E-state index is 13.3. The Balaban J connectivity index is 1.71. The molecule has 0 radical (unpaired) electrons. The topological polar surface area (TPSA) is 71.6 Å². The molecule has 1 aromatic carbocycles. The van der Waals surface area contributed by atoms with Crippen LogP contribution in [-0.4, -0.2) is 44.5 Å². The van der Waals surface area contributed by atoms with E-state index in [0.717, 1.165) is 11.3 Å². The number of rotatable bonds is 2. The third kappa shape index (κ3) is 2.26. The Bertz CT molecular complexity index is 1070. The summed E-state index contributed by atoms with van der Waals surface area (Å²) in [6.07, 6.45) is 2.89. The van der Waals surface area contributed by atoms with Crippen LogP contribution in [0.3, 0.4) is 0 Å². The molecule has 1 atom stereocenters. The highest BCUT2D eigenvalue weighted by molar-refractivity contribution is 6.30. The summed E-state index contributed by atoms with van der Waals surface area (Å²) in [5.74, 6) is -0.323. The Labute approximate surface area is 166 Å². The second-order valence-corrected chi connectivity index (χ2v) is 7.51. The van der Waals surface area contributed by atoms with Crippen LogP contribution >= 0.6 is 11.6 Å². The van der Waals surface area contributed by atoms with E-state index in [1.807, 2.05) is 19.1 Å². The van der Waals surface area contributed by atoms with Crippen molar-refractivity contribution < 1.29 is 14.0 Å². The van der Waals surface area contributed by atoms with Crippen molar-refractivity contribution in [1.82, 2.24) is 19.6 Å². The van der Waals surface area contributed by atoms with E-state index in [-0.39, 0.29) is 11.8 Å². The van der Waals surface area contributed by atoms with Gasteiger partial charge >= 0.3 is 0 Å². The Hall–Kier alpha value is -3.06. The molecule has 0 aliphatic carbocycles. The lowest BCUT2D eigenvalue weighted by Gasteiger charge is -2.46. The van der Waals surface area contributed by atoms with Gasteiger partial charge in [-0.25, -0.2) is 0 Å². The zero-order valence-electron chi connectivity index (χ0n) is 15.1. The van der Waals surface area contributed by atoms with Crippen molar-refractivity contribution in [3.05, 3.63) is 76.5 Å². The Kier molecular flexibility index (Phi) is 3.64. The van der Waals surface area contributed by atoms with Crippen LogP contribution in [0, 0.1) is 6.92 Å². The minimum absolute atomic E-state index is 0.135. The van der Waals surface area contributed by atoms with Gasteiger partial charge in [0, 0.05) is 23.7 Å². The first-order valence-corrected chi connectivity index (χ1v) is 9.35. The molecule has 2 aromatic heterocycles. The lowest BCUT2D eigenvalue weighted by atomic mass is 9.94. The van der Waals surface area contributed by atoms with Gasteiger partial charge in [0.2, 0.25) is 0 Å². The number of halogens is 1. The molecule has 2 amide bonds. The van der Waals surface area contributed by atoms with Crippen molar-refractivity contribution in [1.29, 1.82) is 0 Å². The Morgan fingerprint density at radius 3 is 2.71 bits per heavy atom. The molecule has 0 N–H and O–H groups in total. The zero-order chi connectivity index (χ0) is 19.5. The van der Waals surface area contributed by atoms with Gasteiger partial charge in [-0.1, -0.05) is 23.7 Å². The molecular weight excluding hydrogens is 380 g/mol. The fourth-order valence-electron chi connectivity index (χ4n) is 4.27. The minimum Gasteiger partial charge on any atom is -0.472 e. The van der Waals surface area contributed by atoms with E-state index in [9.17, 15) is 9.59 Å². The number of amides is 2. The standard InChI is InChI=1S/C20H17ClN4O3/c1-13-10-17-19(27)24-8-7-23(18(26)14-6-9-28-11-14)20(24,12-25(17)22-13)15-2-4-16(21)5-3-15/h2-6,9-11H,7-8,12H2,1H3. The maximum atomic E-state index is 13.3. The fourth-order valence-corrected chi connectivity index (χ4v) is 4.40. The van der Waals surface area contributed by atoms with Gasteiger partial charge < -0.3 is 14.2 Å². The molecule has 1 fully saturated rings. The lowest BCUT2D eigenvalue weighted by Crippen LogP contribution is -2.60. The SMILES string of the molecule is Cc1cc2n(n1)CC1(c3ccc(Cl)cc3)N(C(=O)c3ccoc3)CCN1C2=O. The van der Waals surface area contributed by atoms with Crippen molar-refractivity contribution in [3.8, 4) is 0 Å². The van der Waals surface area contributed by atoms with Gasteiger partial charge in [0.05, 0.1) is 24.1 Å². The molecular formula is C20H17ClN4O3. The minimum atomic E-state index is -0.971. The summed E-state index contributed by atoms with van der Waals surface area (Å²) in [5.41, 5.74) is 1.60. The quantitative estimate of drug-likeness (QED) is 0.667. The normalized spacial score (nSPS) is 21.0.